The highest BCUT2D eigenvalue weighted by Gasteiger charge is 2.24. The average molecular weight is 322 g/mol. The van der Waals surface area contributed by atoms with Crippen molar-refractivity contribution in [2.75, 3.05) is 25.0 Å². The standard InChI is InChI=1S/C19H22N4O/c1-2-10-23(11-3-1)18(19-5-4-12-24-19)14-22-16-7-9-21-17-13-20-8-6-15(16)17/h4-9,12-13,18H,1-3,10-11,14H2,(H,21,22). The van der Waals surface area contributed by atoms with Gasteiger partial charge in [0.15, 0.2) is 0 Å². The predicted molar refractivity (Wildman–Crippen MR) is 94.9 cm³/mol. The summed E-state index contributed by atoms with van der Waals surface area (Å²) in [7, 11) is 0. The molecule has 4 heterocycles. The predicted octanol–water partition coefficient (Wildman–Crippen LogP) is 3.86. The quantitative estimate of drug-likeness (QED) is 0.773. The van der Waals surface area contributed by atoms with Crippen molar-refractivity contribution in [1.82, 2.24) is 14.9 Å². The van der Waals surface area contributed by atoms with E-state index in [0.717, 1.165) is 42.0 Å². The lowest BCUT2D eigenvalue weighted by atomic mass is 10.1. The van der Waals surface area contributed by atoms with Crippen LogP contribution in [0.1, 0.15) is 31.1 Å². The van der Waals surface area contributed by atoms with E-state index in [4.69, 9.17) is 4.42 Å². The molecule has 0 radical (unpaired) electrons. The van der Waals surface area contributed by atoms with Crippen LogP contribution in [-0.2, 0) is 0 Å². The minimum atomic E-state index is 0.255. The summed E-state index contributed by atoms with van der Waals surface area (Å²) in [5.41, 5.74) is 2.01. The number of piperidine rings is 1. The van der Waals surface area contributed by atoms with Gasteiger partial charge in [-0.05, 0) is 50.2 Å². The monoisotopic (exact) mass is 322 g/mol. The van der Waals surface area contributed by atoms with Crippen molar-refractivity contribution in [2.45, 2.75) is 25.3 Å². The van der Waals surface area contributed by atoms with Gasteiger partial charge >= 0.3 is 0 Å². The molecule has 0 saturated carbocycles. The Morgan fingerprint density at radius 1 is 1.12 bits per heavy atom. The first-order valence-corrected chi connectivity index (χ1v) is 8.62. The van der Waals surface area contributed by atoms with Crippen molar-refractivity contribution in [2.24, 2.45) is 0 Å². The van der Waals surface area contributed by atoms with E-state index in [1.54, 1.807) is 12.5 Å². The highest BCUT2D eigenvalue weighted by atomic mass is 16.3. The van der Waals surface area contributed by atoms with Crippen LogP contribution in [0.4, 0.5) is 5.69 Å². The number of nitrogens with one attached hydrogen (secondary N) is 1. The molecule has 0 bridgehead atoms. The van der Waals surface area contributed by atoms with Crippen LogP contribution in [0.3, 0.4) is 0 Å². The zero-order valence-electron chi connectivity index (χ0n) is 13.7. The van der Waals surface area contributed by atoms with E-state index in [-0.39, 0.29) is 6.04 Å². The van der Waals surface area contributed by atoms with E-state index < -0.39 is 0 Å². The molecule has 5 nitrogen and oxygen atoms in total. The molecule has 0 aliphatic carbocycles. The van der Waals surface area contributed by atoms with Gasteiger partial charge in [-0.15, -0.1) is 0 Å². The highest BCUT2D eigenvalue weighted by molar-refractivity contribution is 5.90. The molecular weight excluding hydrogens is 300 g/mol. The first kappa shape index (κ1) is 15.1. The van der Waals surface area contributed by atoms with Crippen LogP contribution in [0.15, 0.2) is 53.5 Å². The molecular formula is C19H22N4O. The van der Waals surface area contributed by atoms with E-state index >= 15 is 0 Å². The van der Waals surface area contributed by atoms with Gasteiger partial charge in [0.2, 0.25) is 0 Å². The summed E-state index contributed by atoms with van der Waals surface area (Å²) >= 11 is 0. The average Bonchev–Trinajstić information content (AvgIpc) is 3.17. The van der Waals surface area contributed by atoms with Crippen molar-refractivity contribution in [3.8, 4) is 0 Å². The summed E-state index contributed by atoms with van der Waals surface area (Å²) in [5, 5.41) is 4.71. The molecule has 1 saturated heterocycles. The normalized spacial score (nSPS) is 17.0. The molecule has 1 fully saturated rings. The van der Waals surface area contributed by atoms with Crippen LogP contribution >= 0.6 is 0 Å². The third-order valence-electron chi connectivity index (χ3n) is 4.73. The SMILES string of the molecule is c1coc(C(CNc2ccnc3cnccc23)N2CCCCC2)c1. The smallest absolute Gasteiger partial charge is 0.122 e. The summed E-state index contributed by atoms with van der Waals surface area (Å²) in [6, 6.07) is 8.34. The number of likely N-dealkylation sites (tertiary alicyclic amines) is 1. The maximum absolute atomic E-state index is 5.72. The number of nitrogens with zero attached hydrogens (tertiary/aromatic N) is 3. The number of furan rings is 1. The number of anilines is 1. The Balaban J connectivity index is 1.56. The Labute approximate surface area is 141 Å². The molecule has 1 N–H and O–H groups in total. The fourth-order valence-corrected chi connectivity index (χ4v) is 3.48. The lowest BCUT2D eigenvalue weighted by molar-refractivity contribution is 0.153. The maximum Gasteiger partial charge on any atom is 0.122 e. The summed E-state index contributed by atoms with van der Waals surface area (Å²) in [6.07, 6.45) is 11.1. The van der Waals surface area contributed by atoms with Crippen LogP contribution < -0.4 is 5.32 Å². The minimum Gasteiger partial charge on any atom is -0.468 e. The van der Waals surface area contributed by atoms with E-state index in [1.807, 2.05) is 30.6 Å². The van der Waals surface area contributed by atoms with Crippen LogP contribution in [0, 0.1) is 0 Å². The van der Waals surface area contributed by atoms with Gasteiger partial charge in [0.25, 0.3) is 0 Å². The van der Waals surface area contributed by atoms with Gasteiger partial charge in [-0.1, -0.05) is 6.42 Å². The molecule has 4 rings (SSSR count). The van der Waals surface area contributed by atoms with Gasteiger partial charge in [-0.25, -0.2) is 0 Å². The molecule has 3 aromatic rings. The molecule has 0 aromatic carbocycles. The third kappa shape index (κ3) is 3.12. The van der Waals surface area contributed by atoms with Gasteiger partial charge in [0, 0.05) is 30.0 Å². The van der Waals surface area contributed by atoms with Crippen LogP contribution in [0.5, 0.6) is 0 Å². The Morgan fingerprint density at radius 2 is 2.04 bits per heavy atom. The van der Waals surface area contributed by atoms with E-state index in [9.17, 15) is 0 Å². The summed E-state index contributed by atoms with van der Waals surface area (Å²) in [5.74, 6) is 1.03. The van der Waals surface area contributed by atoms with E-state index in [0.29, 0.717) is 0 Å². The fraction of sp³-hybridized carbons (Fsp3) is 0.368. The van der Waals surface area contributed by atoms with Gasteiger partial charge < -0.3 is 9.73 Å². The largest absolute Gasteiger partial charge is 0.468 e. The van der Waals surface area contributed by atoms with Gasteiger partial charge in [0.05, 0.1) is 24.0 Å². The van der Waals surface area contributed by atoms with Crippen LogP contribution in [0.2, 0.25) is 0 Å². The minimum absolute atomic E-state index is 0.255. The van der Waals surface area contributed by atoms with Crippen molar-refractivity contribution in [3.63, 3.8) is 0 Å². The van der Waals surface area contributed by atoms with Gasteiger partial charge in [0.1, 0.15) is 5.76 Å². The molecule has 1 atom stereocenters. The number of rotatable bonds is 5. The molecule has 3 aromatic heterocycles. The third-order valence-corrected chi connectivity index (χ3v) is 4.73. The fourth-order valence-electron chi connectivity index (χ4n) is 3.48. The zero-order valence-corrected chi connectivity index (χ0v) is 13.7. The van der Waals surface area contributed by atoms with Crippen LogP contribution in [-0.4, -0.2) is 34.5 Å². The summed E-state index contributed by atoms with van der Waals surface area (Å²) in [4.78, 5) is 11.1. The second kappa shape index (κ2) is 7.01. The molecule has 124 valence electrons. The van der Waals surface area contributed by atoms with E-state index in [1.165, 1.54) is 19.3 Å². The first-order chi connectivity index (χ1) is 11.9. The Kier molecular flexibility index (Phi) is 4.42. The highest BCUT2D eigenvalue weighted by Crippen LogP contribution is 2.27. The van der Waals surface area contributed by atoms with Crippen molar-refractivity contribution >= 4 is 16.6 Å². The number of hydrogen-bond donors (Lipinski definition) is 1. The summed E-state index contributed by atoms with van der Waals surface area (Å²) in [6.45, 7) is 3.08. The Hall–Kier alpha value is -2.40. The maximum atomic E-state index is 5.72. The Morgan fingerprint density at radius 3 is 2.88 bits per heavy atom. The number of aromatic nitrogens is 2. The Bertz CT molecular complexity index is 776. The van der Waals surface area contributed by atoms with Crippen molar-refractivity contribution in [1.29, 1.82) is 0 Å². The molecule has 1 unspecified atom stereocenters. The van der Waals surface area contributed by atoms with Crippen LogP contribution in [0.25, 0.3) is 10.9 Å². The molecule has 5 heteroatoms. The second-order valence-electron chi connectivity index (χ2n) is 6.26. The number of hydrogen-bond acceptors (Lipinski definition) is 5. The zero-order chi connectivity index (χ0) is 16.2. The van der Waals surface area contributed by atoms with E-state index in [2.05, 4.69) is 26.3 Å². The summed E-state index contributed by atoms with van der Waals surface area (Å²) < 4.78 is 5.72. The molecule has 0 spiro atoms. The van der Waals surface area contributed by atoms with Gasteiger partial charge in [-0.2, -0.15) is 0 Å². The molecule has 24 heavy (non-hydrogen) atoms. The van der Waals surface area contributed by atoms with Crippen molar-refractivity contribution in [3.05, 3.63) is 54.9 Å². The lowest BCUT2D eigenvalue weighted by Gasteiger charge is -2.33. The first-order valence-electron chi connectivity index (χ1n) is 8.62. The lowest BCUT2D eigenvalue weighted by Crippen LogP contribution is -2.37. The second-order valence-corrected chi connectivity index (χ2v) is 6.26. The molecule has 1 aliphatic heterocycles. The van der Waals surface area contributed by atoms with Crippen molar-refractivity contribution < 1.29 is 4.42 Å². The topological polar surface area (TPSA) is 54.2 Å². The molecule has 1 aliphatic rings. The number of pyridine rings is 2. The number of fused-ring (bicyclic) bond motifs is 1. The van der Waals surface area contributed by atoms with Gasteiger partial charge in [-0.3, -0.25) is 14.9 Å². The molecule has 0 amide bonds.